The Morgan fingerprint density at radius 1 is 1.04 bits per heavy atom. The first kappa shape index (κ1) is 19.8. The van der Waals surface area contributed by atoms with Gasteiger partial charge < -0.3 is 14.5 Å². The zero-order valence-corrected chi connectivity index (χ0v) is 17.0. The highest BCUT2D eigenvalue weighted by Gasteiger charge is 2.19. The Balaban J connectivity index is 1.55. The van der Waals surface area contributed by atoms with Crippen LogP contribution in [-0.2, 0) is 11.2 Å². The van der Waals surface area contributed by atoms with E-state index < -0.39 is 0 Å². The topological polar surface area (TPSA) is 32.8 Å². The van der Waals surface area contributed by atoms with Crippen molar-refractivity contribution in [1.29, 1.82) is 0 Å². The predicted octanol–water partition coefficient (Wildman–Crippen LogP) is 4.67. The molecule has 0 bridgehead atoms. The number of benzene rings is 2. The molecule has 4 nitrogen and oxygen atoms in total. The van der Waals surface area contributed by atoms with E-state index in [1.54, 1.807) is 13.2 Å². The van der Waals surface area contributed by atoms with Gasteiger partial charge in [-0.2, -0.15) is 0 Å². The molecule has 2 aromatic carbocycles. The molecule has 0 radical (unpaired) electrons. The van der Waals surface area contributed by atoms with E-state index >= 15 is 0 Å². The average Bonchev–Trinajstić information content (AvgIpc) is 2.95. The summed E-state index contributed by atoms with van der Waals surface area (Å²) in [4.78, 5) is 16.9. The fourth-order valence-corrected chi connectivity index (χ4v) is 3.77. The number of ether oxygens (including phenoxy) is 1. The van der Waals surface area contributed by atoms with E-state index in [1.807, 2.05) is 29.2 Å². The second-order valence-electron chi connectivity index (χ2n) is 6.63. The maximum Gasteiger partial charge on any atom is 0.222 e. The molecular weight excluding hydrogens is 383 g/mol. The molecule has 2 aromatic rings. The van der Waals surface area contributed by atoms with Crippen molar-refractivity contribution in [2.45, 2.75) is 19.3 Å². The summed E-state index contributed by atoms with van der Waals surface area (Å²) in [6, 6.07) is 13.6. The third-order valence-corrected chi connectivity index (χ3v) is 5.78. The Bertz CT molecular complexity index is 780. The van der Waals surface area contributed by atoms with Crippen molar-refractivity contribution in [2.24, 2.45) is 0 Å². The van der Waals surface area contributed by atoms with Crippen LogP contribution in [0.2, 0.25) is 10.0 Å². The van der Waals surface area contributed by atoms with Gasteiger partial charge in [0, 0.05) is 38.3 Å². The van der Waals surface area contributed by atoms with Gasteiger partial charge in [0.15, 0.2) is 0 Å². The normalized spacial score (nSPS) is 14.8. The second kappa shape index (κ2) is 9.34. The molecule has 0 N–H and O–H groups in total. The van der Waals surface area contributed by atoms with Gasteiger partial charge in [-0.05, 0) is 48.7 Å². The third-order valence-electron chi connectivity index (χ3n) is 4.93. The molecule has 144 valence electrons. The fourth-order valence-electron chi connectivity index (χ4n) is 3.36. The van der Waals surface area contributed by atoms with Crippen LogP contribution in [-0.4, -0.2) is 44.1 Å². The van der Waals surface area contributed by atoms with E-state index in [1.165, 1.54) is 0 Å². The largest absolute Gasteiger partial charge is 0.497 e. The molecule has 0 aromatic heterocycles. The first-order chi connectivity index (χ1) is 13.1. The number of anilines is 1. The Hall–Kier alpha value is -1.91. The van der Waals surface area contributed by atoms with E-state index in [9.17, 15) is 4.79 Å². The second-order valence-corrected chi connectivity index (χ2v) is 7.42. The lowest BCUT2D eigenvalue weighted by molar-refractivity contribution is -0.130. The minimum absolute atomic E-state index is 0.169. The summed E-state index contributed by atoms with van der Waals surface area (Å²) in [5.74, 6) is 1.02. The highest BCUT2D eigenvalue weighted by atomic mass is 35.5. The zero-order valence-electron chi connectivity index (χ0n) is 15.5. The number of aryl methyl sites for hydroxylation is 1. The number of nitrogens with zero attached hydrogens (tertiary/aromatic N) is 2. The molecule has 1 saturated heterocycles. The number of methoxy groups -OCH3 is 1. The van der Waals surface area contributed by atoms with Gasteiger partial charge in [-0.25, -0.2) is 0 Å². The molecule has 1 fully saturated rings. The molecule has 6 heteroatoms. The van der Waals surface area contributed by atoms with Crippen LogP contribution in [0.5, 0.6) is 5.75 Å². The van der Waals surface area contributed by atoms with E-state index in [4.69, 9.17) is 27.9 Å². The maximum atomic E-state index is 12.7. The molecule has 0 spiro atoms. The smallest absolute Gasteiger partial charge is 0.222 e. The van der Waals surface area contributed by atoms with Gasteiger partial charge in [-0.1, -0.05) is 35.3 Å². The van der Waals surface area contributed by atoms with Crippen LogP contribution in [0.25, 0.3) is 0 Å². The van der Waals surface area contributed by atoms with Crippen LogP contribution in [0.1, 0.15) is 18.4 Å². The van der Waals surface area contributed by atoms with Crippen molar-refractivity contribution in [1.82, 2.24) is 4.90 Å². The van der Waals surface area contributed by atoms with Crippen LogP contribution >= 0.6 is 23.2 Å². The Morgan fingerprint density at radius 3 is 2.56 bits per heavy atom. The number of rotatable bonds is 5. The van der Waals surface area contributed by atoms with E-state index in [0.717, 1.165) is 49.6 Å². The lowest BCUT2D eigenvalue weighted by atomic mass is 10.1. The highest BCUT2D eigenvalue weighted by molar-refractivity contribution is 6.42. The van der Waals surface area contributed by atoms with Crippen LogP contribution < -0.4 is 9.64 Å². The van der Waals surface area contributed by atoms with E-state index in [0.29, 0.717) is 22.9 Å². The molecule has 3 rings (SSSR count). The summed E-state index contributed by atoms with van der Waals surface area (Å²) in [6.45, 7) is 3.29. The molecule has 0 unspecified atom stereocenters. The minimum atomic E-state index is 0.169. The molecule has 27 heavy (non-hydrogen) atoms. The van der Waals surface area contributed by atoms with Gasteiger partial charge in [0.2, 0.25) is 5.91 Å². The monoisotopic (exact) mass is 406 g/mol. The van der Waals surface area contributed by atoms with Crippen molar-refractivity contribution in [2.75, 3.05) is 38.2 Å². The number of carbonyl (C=O) groups is 1. The fraction of sp³-hybridized carbons (Fsp3) is 0.381. The molecule has 1 aliphatic rings. The number of carbonyl (C=O) groups excluding carboxylic acids is 1. The van der Waals surface area contributed by atoms with Crippen LogP contribution in [0.3, 0.4) is 0 Å². The van der Waals surface area contributed by atoms with Gasteiger partial charge in [0.1, 0.15) is 5.75 Å². The summed E-state index contributed by atoms with van der Waals surface area (Å²) in [5, 5.41) is 1.08. The summed E-state index contributed by atoms with van der Waals surface area (Å²) >= 11 is 12.3. The number of amides is 1. The molecular formula is C21H24Cl2N2O2. The number of hydrogen-bond donors (Lipinski definition) is 0. The van der Waals surface area contributed by atoms with Crippen LogP contribution in [0.15, 0.2) is 42.5 Å². The average molecular weight is 407 g/mol. The Kier molecular flexibility index (Phi) is 6.86. The summed E-state index contributed by atoms with van der Waals surface area (Å²) in [6.07, 6.45) is 2.01. The molecule has 1 heterocycles. The lowest BCUT2D eigenvalue weighted by Gasteiger charge is -2.24. The molecule has 1 amide bonds. The Morgan fingerprint density at radius 2 is 1.81 bits per heavy atom. The van der Waals surface area contributed by atoms with Gasteiger partial charge in [-0.15, -0.1) is 0 Å². The predicted molar refractivity (Wildman–Crippen MR) is 111 cm³/mol. The van der Waals surface area contributed by atoms with Crippen molar-refractivity contribution in [3.05, 3.63) is 58.1 Å². The molecule has 0 saturated carbocycles. The first-order valence-electron chi connectivity index (χ1n) is 9.18. The summed E-state index contributed by atoms with van der Waals surface area (Å²) < 4.78 is 5.22. The highest BCUT2D eigenvalue weighted by Crippen LogP contribution is 2.26. The first-order valence-corrected chi connectivity index (χ1v) is 9.94. The molecule has 0 atom stereocenters. The quantitative estimate of drug-likeness (QED) is 0.722. The molecule has 0 aliphatic carbocycles. The standard InChI is InChI=1S/C21H24Cl2N2O2/c1-27-18-9-7-17(8-10-18)24-12-3-13-25(15-14-24)20(26)11-6-16-4-2-5-19(22)21(16)23/h2,4-5,7-10H,3,6,11-15H2,1H3. The van der Waals surface area contributed by atoms with Crippen molar-refractivity contribution in [3.8, 4) is 5.75 Å². The number of hydrogen-bond acceptors (Lipinski definition) is 3. The Labute approximate surface area is 170 Å². The molecule has 1 aliphatic heterocycles. The van der Waals surface area contributed by atoms with Gasteiger partial charge in [0.05, 0.1) is 17.2 Å². The maximum absolute atomic E-state index is 12.7. The van der Waals surface area contributed by atoms with Crippen LogP contribution in [0.4, 0.5) is 5.69 Å². The number of halogens is 2. The zero-order chi connectivity index (χ0) is 19.2. The third kappa shape index (κ3) is 5.08. The lowest BCUT2D eigenvalue weighted by Crippen LogP contribution is -2.35. The summed E-state index contributed by atoms with van der Waals surface area (Å²) in [5.41, 5.74) is 2.09. The van der Waals surface area contributed by atoms with Crippen molar-refractivity contribution < 1.29 is 9.53 Å². The van der Waals surface area contributed by atoms with E-state index in [2.05, 4.69) is 17.0 Å². The van der Waals surface area contributed by atoms with Gasteiger partial charge in [0.25, 0.3) is 0 Å². The van der Waals surface area contributed by atoms with Gasteiger partial charge >= 0.3 is 0 Å². The minimum Gasteiger partial charge on any atom is -0.497 e. The van der Waals surface area contributed by atoms with Crippen LogP contribution in [0, 0.1) is 0 Å². The summed E-state index contributed by atoms with van der Waals surface area (Å²) in [7, 11) is 1.67. The van der Waals surface area contributed by atoms with Crippen molar-refractivity contribution in [3.63, 3.8) is 0 Å². The SMILES string of the molecule is COc1ccc(N2CCCN(C(=O)CCc3cccc(Cl)c3Cl)CC2)cc1. The van der Waals surface area contributed by atoms with Gasteiger partial charge in [-0.3, -0.25) is 4.79 Å². The van der Waals surface area contributed by atoms with E-state index in [-0.39, 0.29) is 5.91 Å². The van der Waals surface area contributed by atoms with Crippen molar-refractivity contribution >= 4 is 34.8 Å².